The monoisotopic (exact) mass is 326 g/mol. The molecule has 1 aromatic rings. The summed E-state index contributed by atoms with van der Waals surface area (Å²) in [4.78, 5) is 0. The average molecular weight is 326 g/mol. The van der Waals surface area contributed by atoms with E-state index in [0.29, 0.717) is 30.5 Å². The minimum atomic E-state index is -4.87. The van der Waals surface area contributed by atoms with Crippen molar-refractivity contribution in [2.45, 2.75) is 38.5 Å². The van der Waals surface area contributed by atoms with Crippen molar-refractivity contribution in [2.24, 2.45) is 0 Å². The predicted molar refractivity (Wildman–Crippen MR) is 71.0 cm³/mol. The molecule has 124 valence electrons. The molecule has 1 aromatic carbocycles. The fourth-order valence-corrected chi connectivity index (χ4v) is 1.90. The maximum absolute atomic E-state index is 12.7. The highest BCUT2D eigenvalue weighted by molar-refractivity contribution is 5.56. The molecule has 0 bridgehead atoms. The molecule has 0 aliphatic carbocycles. The second-order valence-corrected chi connectivity index (χ2v) is 4.90. The molecule has 0 aliphatic heterocycles. The maximum Gasteiger partial charge on any atom is 0.416 e. The van der Waals surface area contributed by atoms with Gasteiger partial charge in [-0.1, -0.05) is 19.4 Å². The Kier molecular flexibility index (Phi) is 6.05. The Morgan fingerprint density at radius 3 is 1.86 bits per heavy atom. The van der Waals surface area contributed by atoms with Gasteiger partial charge in [-0.25, -0.2) is 0 Å². The van der Waals surface area contributed by atoms with Gasteiger partial charge in [-0.2, -0.15) is 26.3 Å². The van der Waals surface area contributed by atoms with Crippen LogP contribution in [0.1, 0.15) is 42.9 Å². The van der Waals surface area contributed by atoms with Gasteiger partial charge in [0.05, 0.1) is 17.7 Å². The summed E-state index contributed by atoms with van der Waals surface area (Å²) in [6, 6.07) is 1.38. The smallest absolute Gasteiger partial charge is 0.392 e. The lowest BCUT2D eigenvalue weighted by molar-refractivity contribution is -0.143. The molecule has 1 N–H and O–H groups in total. The van der Waals surface area contributed by atoms with E-state index in [1.165, 1.54) is 6.08 Å². The van der Waals surface area contributed by atoms with E-state index in [4.69, 9.17) is 5.11 Å². The summed E-state index contributed by atoms with van der Waals surface area (Å²) < 4.78 is 76.3. The minimum Gasteiger partial charge on any atom is -0.392 e. The lowest BCUT2D eigenvalue weighted by atomic mass is 10.0. The fourth-order valence-electron chi connectivity index (χ4n) is 1.90. The SMILES string of the molecule is CCCC/C(=C/c1cc(C(F)(F)F)cc(C(F)(F)F)c1)CO. The summed E-state index contributed by atoms with van der Waals surface area (Å²) in [7, 11) is 0. The maximum atomic E-state index is 12.7. The van der Waals surface area contributed by atoms with Crippen LogP contribution >= 0.6 is 0 Å². The standard InChI is InChI=1S/C15H16F6O/c1-2-3-4-10(9-22)5-11-6-12(14(16,17)18)8-13(7-11)15(19,20)21/h5-8,22H,2-4,9H2,1H3/b10-5-. The van der Waals surface area contributed by atoms with E-state index in [2.05, 4.69) is 0 Å². The number of benzene rings is 1. The summed E-state index contributed by atoms with van der Waals surface area (Å²) in [5.41, 5.74) is -2.54. The van der Waals surface area contributed by atoms with Crippen molar-refractivity contribution in [1.29, 1.82) is 0 Å². The van der Waals surface area contributed by atoms with Crippen LogP contribution < -0.4 is 0 Å². The molecule has 0 amide bonds. The molecule has 0 heterocycles. The molecule has 0 saturated heterocycles. The third-order valence-corrected chi connectivity index (χ3v) is 3.04. The summed E-state index contributed by atoms with van der Waals surface area (Å²) in [6.07, 6.45) is -6.64. The number of alkyl halides is 6. The van der Waals surface area contributed by atoms with Crippen LogP contribution in [0.4, 0.5) is 26.3 Å². The lowest BCUT2D eigenvalue weighted by Crippen LogP contribution is -2.11. The van der Waals surface area contributed by atoms with Gasteiger partial charge >= 0.3 is 12.4 Å². The largest absolute Gasteiger partial charge is 0.416 e. The van der Waals surface area contributed by atoms with E-state index in [9.17, 15) is 26.3 Å². The Labute approximate surface area is 124 Å². The molecule has 1 rings (SSSR count). The second kappa shape index (κ2) is 7.17. The highest BCUT2D eigenvalue weighted by Crippen LogP contribution is 2.36. The van der Waals surface area contributed by atoms with Crippen LogP contribution in [0.3, 0.4) is 0 Å². The molecule has 0 spiro atoms. The highest BCUT2D eigenvalue weighted by Gasteiger charge is 2.36. The van der Waals surface area contributed by atoms with E-state index in [1.54, 1.807) is 0 Å². The van der Waals surface area contributed by atoms with Gasteiger partial charge in [-0.3, -0.25) is 0 Å². The number of aliphatic hydroxyl groups excluding tert-OH is 1. The van der Waals surface area contributed by atoms with Gasteiger partial charge in [-0.05, 0) is 42.2 Å². The lowest BCUT2D eigenvalue weighted by Gasteiger charge is -2.13. The van der Waals surface area contributed by atoms with Crippen molar-refractivity contribution in [3.8, 4) is 0 Å². The number of unbranched alkanes of at least 4 members (excludes halogenated alkanes) is 1. The number of aliphatic hydroxyl groups is 1. The highest BCUT2D eigenvalue weighted by atomic mass is 19.4. The number of halogens is 6. The molecule has 0 unspecified atom stereocenters. The molecule has 0 saturated carbocycles. The van der Waals surface area contributed by atoms with Crippen molar-refractivity contribution < 1.29 is 31.4 Å². The van der Waals surface area contributed by atoms with Gasteiger partial charge in [0.25, 0.3) is 0 Å². The Morgan fingerprint density at radius 1 is 1.00 bits per heavy atom. The topological polar surface area (TPSA) is 20.2 Å². The zero-order valence-electron chi connectivity index (χ0n) is 11.9. The first-order chi connectivity index (χ1) is 10.1. The molecular formula is C15H16F6O. The van der Waals surface area contributed by atoms with Gasteiger partial charge in [0, 0.05) is 0 Å². The van der Waals surface area contributed by atoms with E-state index < -0.39 is 30.1 Å². The predicted octanol–water partition coefficient (Wildman–Crippen LogP) is 5.29. The van der Waals surface area contributed by atoms with Crippen LogP contribution in [-0.2, 0) is 12.4 Å². The van der Waals surface area contributed by atoms with E-state index in [-0.39, 0.29) is 11.6 Å². The van der Waals surface area contributed by atoms with E-state index in [0.717, 1.165) is 6.42 Å². The van der Waals surface area contributed by atoms with Crippen LogP contribution in [-0.4, -0.2) is 11.7 Å². The second-order valence-electron chi connectivity index (χ2n) is 4.90. The quantitative estimate of drug-likeness (QED) is 0.729. The fraction of sp³-hybridized carbons (Fsp3) is 0.467. The van der Waals surface area contributed by atoms with Crippen LogP contribution in [0.15, 0.2) is 23.8 Å². The van der Waals surface area contributed by atoms with Crippen LogP contribution in [0, 0.1) is 0 Å². The summed E-state index contributed by atoms with van der Waals surface area (Å²) in [5.74, 6) is 0. The van der Waals surface area contributed by atoms with Gasteiger partial charge in [0.2, 0.25) is 0 Å². The molecule has 0 atom stereocenters. The van der Waals surface area contributed by atoms with Gasteiger partial charge < -0.3 is 5.11 Å². The first kappa shape index (κ1) is 18.5. The third-order valence-electron chi connectivity index (χ3n) is 3.04. The minimum absolute atomic E-state index is 0.0853. The average Bonchev–Trinajstić information content (AvgIpc) is 2.41. The van der Waals surface area contributed by atoms with Gasteiger partial charge in [0.15, 0.2) is 0 Å². The Bertz CT molecular complexity index is 496. The zero-order valence-corrected chi connectivity index (χ0v) is 11.9. The summed E-state index contributed by atoms with van der Waals surface area (Å²) in [5, 5.41) is 9.16. The molecule has 7 heteroatoms. The first-order valence-electron chi connectivity index (χ1n) is 6.67. The number of hydrogen-bond acceptors (Lipinski definition) is 1. The first-order valence-corrected chi connectivity index (χ1v) is 6.67. The summed E-state index contributed by atoms with van der Waals surface area (Å²) >= 11 is 0. The van der Waals surface area contributed by atoms with Gasteiger partial charge in [0.1, 0.15) is 0 Å². The van der Waals surface area contributed by atoms with Crippen LogP contribution in [0.2, 0.25) is 0 Å². The van der Waals surface area contributed by atoms with Crippen molar-refractivity contribution in [3.63, 3.8) is 0 Å². The van der Waals surface area contributed by atoms with Crippen molar-refractivity contribution in [2.75, 3.05) is 6.61 Å². The van der Waals surface area contributed by atoms with E-state index >= 15 is 0 Å². The third kappa shape index (κ3) is 5.36. The van der Waals surface area contributed by atoms with Crippen LogP contribution in [0.25, 0.3) is 6.08 Å². The Balaban J connectivity index is 3.31. The number of hydrogen-bond donors (Lipinski definition) is 1. The van der Waals surface area contributed by atoms with Crippen molar-refractivity contribution in [3.05, 3.63) is 40.5 Å². The molecular weight excluding hydrogens is 310 g/mol. The Morgan fingerprint density at radius 2 is 1.50 bits per heavy atom. The number of rotatable bonds is 5. The molecule has 0 fully saturated rings. The van der Waals surface area contributed by atoms with Gasteiger partial charge in [-0.15, -0.1) is 0 Å². The Hall–Kier alpha value is -1.50. The summed E-state index contributed by atoms with van der Waals surface area (Å²) in [6.45, 7) is 1.48. The van der Waals surface area contributed by atoms with Crippen LogP contribution in [0.5, 0.6) is 0 Å². The molecule has 0 aliphatic rings. The molecule has 1 nitrogen and oxygen atoms in total. The normalized spacial score (nSPS) is 13.5. The van der Waals surface area contributed by atoms with Crippen molar-refractivity contribution in [1.82, 2.24) is 0 Å². The molecule has 0 radical (unpaired) electrons. The van der Waals surface area contributed by atoms with E-state index in [1.807, 2.05) is 6.92 Å². The molecule has 0 aromatic heterocycles. The molecule has 22 heavy (non-hydrogen) atoms. The zero-order chi connectivity index (χ0) is 17.0. The van der Waals surface area contributed by atoms with Crippen molar-refractivity contribution >= 4 is 6.08 Å².